The average Bonchev–Trinajstić information content (AvgIpc) is 2.23. The fourth-order valence-electron chi connectivity index (χ4n) is 2.14. The Kier molecular flexibility index (Phi) is 2.85. The highest BCUT2D eigenvalue weighted by molar-refractivity contribution is 6.00. The molecule has 0 aromatic carbocycles. The predicted molar refractivity (Wildman–Crippen MR) is 57.2 cm³/mol. The number of nitrogens with one attached hydrogen (secondary N) is 1. The number of imide groups is 1. The fraction of sp³-hybridized carbons (Fsp3) is 0.636. The Bertz CT molecular complexity index is 362. The predicted octanol–water partition coefficient (Wildman–Crippen LogP) is 0.375. The molecular formula is C11H16N2O3. The number of amides is 2. The van der Waals surface area contributed by atoms with E-state index in [1.165, 1.54) is 0 Å². The molecule has 2 aliphatic heterocycles. The average molecular weight is 224 g/mol. The van der Waals surface area contributed by atoms with Gasteiger partial charge in [0.25, 0.3) is 0 Å². The van der Waals surface area contributed by atoms with Crippen LogP contribution in [0.15, 0.2) is 11.5 Å². The summed E-state index contributed by atoms with van der Waals surface area (Å²) in [7, 11) is 0. The van der Waals surface area contributed by atoms with E-state index in [1.807, 2.05) is 18.7 Å². The van der Waals surface area contributed by atoms with Crippen molar-refractivity contribution in [3.63, 3.8) is 0 Å². The zero-order valence-electron chi connectivity index (χ0n) is 9.58. The normalized spacial score (nSPS) is 26.6. The quantitative estimate of drug-likeness (QED) is 0.654. The Hall–Kier alpha value is -1.52. The molecule has 2 amide bonds. The van der Waals surface area contributed by atoms with Crippen LogP contribution in [0, 0.1) is 0 Å². The van der Waals surface area contributed by atoms with Gasteiger partial charge in [0.15, 0.2) is 0 Å². The lowest BCUT2D eigenvalue weighted by Gasteiger charge is -2.38. The van der Waals surface area contributed by atoms with Crippen molar-refractivity contribution in [2.75, 3.05) is 13.2 Å². The first-order valence-electron chi connectivity index (χ1n) is 5.50. The van der Waals surface area contributed by atoms with Gasteiger partial charge in [-0.2, -0.15) is 0 Å². The Balaban J connectivity index is 2.15. The first-order valence-corrected chi connectivity index (χ1v) is 5.50. The number of carbonyl (C=O) groups excluding carboxylic acids is 2. The lowest BCUT2D eigenvalue weighted by molar-refractivity contribution is -0.137. The van der Waals surface area contributed by atoms with Gasteiger partial charge in [0.1, 0.15) is 18.4 Å². The van der Waals surface area contributed by atoms with Crippen LogP contribution in [-0.4, -0.2) is 35.9 Å². The lowest BCUT2D eigenvalue weighted by Crippen LogP contribution is -2.53. The van der Waals surface area contributed by atoms with Crippen LogP contribution in [0.2, 0.25) is 0 Å². The monoisotopic (exact) mass is 224 g/mol. The molecule has 5 heteroatoms. The maximum Gasteiger partial charge on any atom is 0.249 e. The summed E-state index contributed by atoms with van der Waals surface area (Å²) in [5, 5.41) is 2.38. The van der Waals surface area contributed by atoms with Crippen LogP contribution < -0.4 is 5.32 Å². The van der Waals surface area contributed by atoms with E-state index in [4.69, 9.17) is 4.74 Å². The highest BCUT2D eigenvalue weighted by Crippen LogP contribution is 2.22. The topological polar surface area (TPSA) is 58.6 Å². The molecule has 0 bridgehead atoms. The molecule has 2 heterocycles. The Morgan fingerprint density at radius 3 is 2.81 bits per heavy atom. The van der Waals surface area contributed by atoms with E-state index in [0.717, 1.165) is 11.5 Å². The summed E-state index contributed by atoms with van der Waals surface area (Å²) in [5.74, 6) is 0.495. The molecule has 1 fully saturated rings. The number of allylic oxidation sites excluding steroid dienone is 2. The molecule has 0 spiro atoms. The summed E-state index contributed by atoms with van der Waals surface area (Å²) in [6.45, 7) is 5.14. The van der Waals surface area contributed by atoms with Gasteiger partial charge in [0, 0.05) is 12.1 Å². The molecule has 0 saturated carbocycles. The van der Waals surface area contributed by atoms with Crippen molar-refractivity contribution in [3.8, 4) is 0 Å². The molecule has 0 radical (unpaired) electrons. The number of carbonyl (C=O) groups is 2. The van der Waals surface area contributed by atoms with E-state index in [9.17, 15) is 9.59 Å². The van der Waals surface area contributed by atoms with E-state index in [0.29, 0.717) is 26.0 Å². The van der Waals surface area contributed by atoms with Crippen molar-refractivity contribution in [2.24, 2.45) is 0 Å². The number of hydrogen-bond donors (Lipinski definition) is 1. The zero-order chi connectivity index (χ0) is 11.7. The summed E-state index contributed by atoms with van der Waals surface area (Å²) in [5.41, 5.74) is 0.987. The van der Waals surface area contributed by atoms with Gasteiger partial charge >= 0.3 is 0 Å². The number of ether oxygens (including phenoxy) is 1. The Morgan fingerprint density at radius 1 is 1.38 bits per heavy atom. The van der Waals surface area contributed by atoms with Crippen LogP contribution in [-0.2, 0) is 14.3 Å². The van der Waals surface area contributed by atoms with Gasteiger partial charge in [-0.05, 0) is 20.3 Å². The number of hydrogen-bond acceptors (Lipinski definition) is 4. The first kappa shape index (κ1) is 11.0. The van der Waals surface area contributed by atoms with Gasteiger partial charge in [-0.25, -0.2) is 0 Å². The molecule has 2 aliphatic rings. The minimum absolute atomic E-state index is 0.173. The Labute approximate surface area is 94.4 Å². The molecule has 0 aliphatic carbocycles. The van der Waals surface area contributed by atoms with Crippen molar-refractivity contribution in [1.29, 1.82) is 0 Å². The minimum Gasteiger partial charge on any atom is -0.495 e. The maximum atomic E-state index is 11.7. The molecule has 2 rings (SSSR count). The van der Waals surface area contributed by atoms with Crippen molar-refractivity contribution in [1.82, 2.24) is 10.2 Å². The lowest BCUT2D eigenvalue weighted by atomic mass is 10.0. The molecular weight excluding hydrogens is 208 g/mol. The smallest absolute Gasteiger partial charge is 0.249 e. The summed E-state index contributed by atoms with van der Waals surface area (Å²) in [4.78, 5) is 24.8. The molecule has 16 heavy (non-hydrogen) atoms. The molecule has 88 valence electrons. The van der Waals surface area contributed by atoms with Gasteiger partial charge in [0.05, 0.1) is 6.54 Å². The van der Waals surface area contributed by atoms with Gasteiger partial charge in [-0.1, -0.05) is 0 Å². The molecule has 1 atom stereocenters. The molecule has 1 saturated heterocycles. The van der Waals surface area contributed by atoms with Crippen molar-refractivity contribution >= 4 is 11.8 Å². The number of rotatable bonds is 1. The summed E-state index contributed by atoms with van der Waals surface area (Å²) in [6, 6.07) is -0.225. The highest BCUT2D eigenvalue weighted by atomic mass is 16.5. The third-order valence-electron chi connectivity index (χ3n) is 3.18. The van der Waals surface area contributed by atoms with Gasteiger partial charge < -0.3 is 9.64 Å². The maximum absolute atomic E-state index is 11.7. The summed E-state index contributed by atoms with van der Waals surface area (Å²) >= 11 is 0. The van der Waals surface area contributed by atoms with E-state index in [1.54, 1.807) is 0 Å². The highest BCUT2D eigenvalue weighted by Gasteiger charge is 2.33. The number of piperidine rings is 1. The summed E-state index contributed by atoms with van der Waals surface area (Å²) in [6.07, 6.45) is 1.01. The van der Waals surface area contributed by atoms with Crippen LogP contribution in [0.1, 0.15) is 26.7 Å². The van der Waals surface area contributed by atoms with Crippen molar-refractivity contribution in [3.05, 3.63) is 11.5 Å². The van der Waals surface area contributed by atoms with E-state index in [-0.39, 0.29) is 17.9 Å². The first-order chi connectivity index (χ1) is 7.59. The second-order valence-corrected chi connectivity index (χ2v) is 4.15. The van der Waals surface area contributed by atoms with Crippen LogP contribution >= 0.6 is 0 Å². The third-order valence-corrected chi connectivity index (χ3v) is 3.18. The van der Waals surface area contributed by atoms with Gasteiger partial charge in [-0.15, -0.1) is 0 Å². The van der Waals surface area contributed by atoms with E-state index >= 15 is 0 Å². The Morgan fingerprint density at radius 2 is 2.12 bits per heavy atom. The zero-order valence-corrected chi connectivity index (χ0v) is 9.58. The van der Waals surface area contributed by atoms with Crippen molar-refractivity contribution < 1.29 is 14.3 Å². The van der Waals surface area contributed by atoms with Crippen LogP contribution in [0.25, 0.3) is 0 Å². The number of nitrogens with zero attached hydrogens (tertiary/aromatic N) is 1. The SMILES string of the molecule is CC1=C(C)N(C2CCC(=O)NC2=O)CCO1. The molecule has 5 nitrogen and oxygen atoms in total. The van der Waals surface area contributed by atoms with E-state index in [2.05, 4.69) is 5.32 Å². The van der Waals surface area contributed by atoms with Crippen LogP contribution in [0.3, 0.4) is 0 Å². The fourth-order valence-corrected chi connectivity index (χ4v) is 2.14. The standard InChI is InChI=1S/C11H16N2O3/c1-7-8(2)16-6-5-13(7)9-3-4-10(14)12-11(9)15/h9H,3-6H2,1-2H3,(H,12,14,15). The van der Waals surface area contributed by atoms with Crippen LogP contribution in [0.5, 0.6) is 0 Å². The molecule has 1 unspecified atom stereocenters. The third kappa shape index (κ3) is 1.89. The molecule has 0 aromatic heterocycles. The minimum atomic E-state index is -0.225. The molecule has 1 N–H and O–H groups in total. The van der Waals surface area contributed by atoms with Crippen molar-refractivity contribution in [2.45, 2.75) is 32.7 Å². The van der Waals surface area contributed by atoms with E-state index < -0.39 is 0 Å². The van der Waals surface area contributed by atoms with Crippen LogP contribution in [0.4, 0.5) is 0 Å². The largest absolute Gasteiger partial charge is 0.495 e. The second-order valence-electron chi connectivity index (χ2n) is 4.15. The summed E-state index contributed by atoms with van der Waals surface area (Å²) < 4.78 is 5.41. The van der Waals surface area contributed by atoms with Gasteiger partial charge in [0.2, 0.25) is 11.8 Å². The van der Waals surface area contributed by atoms with Gasteiger partial charge in [-0.3, -0.25) is 14.9 Å². The second kappa shape index (κ2) is 4.15. The molecule has 0 aromatic rings.